The van der Waals surface area contributed by atoms with Gasteiger partial charge in [0, 0.05) is 50.6 Å². The number of nitrogens with zero attached hydrogens (tertiary/aromatic N) is 3. The first-order valence-electron chi connectivity index (χ1n) is 19.4. The molecule has 0 fully saturated rings. The third-order valence-electron chi connectivity index (χ3n) is 10.7. The van der Waals surface area contributed by atoms with E-state index in [4.69, 9.17) is 0 Å². The van der Waals surface area contributed by atoms with Crippen molar-refractivity contribution in [2.45, 2.75) is 0 Å². The molecule has 0 aliphatic rings. The Morgan fingerprint density at radius 2 is 0.667 bits per heavy atom. The van der Waals surface area contributed by atoms with E-state index in [0.29, 0.717) is 0 Å². The number of aromatic nitrogens is 1. The zero-order valence-electron chi connectivity index (χ0n) is 31.4. The molecule has 0 spiro atoms. The first-order chi connectivity index (χ1) is 28.3. The Labute approximate surface area is 333 Å². The topological polar surface area (TPSA) is 11.4 Å². The van der Waals surface area contributed by atoms with Crippen molar-refractivity contribution >= 4 is 55.9 Å². The summed E-state index contributed by atoms with van der Waals surface area (Å²) in [5, 5.41) is 2.45. The van der Waals surface area contributed by atoms with Crippen molar-refractivity contribution in [2.24, 2.45) is 0 Å². The second-order valence-corrected chi connectivity index (χ2v) is 14.2. The molecule has 0 aliphatic carbocycles. The number of benzene rings is 9. The largest absolute Gasteiger partial charge is 0.310 e. The van der Waals surface area contributed by atoms with Crippen LogP contribution < -0.4 is 9.80 Å². The summed E-state index contributed by atoms with van der Waals surface area (Å²) in [5.74, 6) is 0. The fourth-order valence-corrected chi connectivity index (χ4v) is 8.09. The van der Waals surface area contributed by atoms with Gasteiger partial charge in [-0.2, -0.15) is 0 Å². The van der Waals surface area contributed by atoms with Crippen LogP contribution in [-0.4, -0.2) is 4.57 Å². The molecule has 0 bridgehead atoms. The third-order valence-corrected chi connectivity index (χ3v) is 10.7. The van der Waals surface area contributed by atoms with Crippen molar-refractivity contribution in [3.63, 3.8) is 0 Å². The Kier molecular flexibility index (Phi) is 8.86. The molecule has 10 rings (SSSR count). The molecule has 0 saturated carbocycles. The van der Waals surface area contributed by atoms with E-state index in [2.05, 4.69) is 251 Å². The standard InChI is InChI=1S/C54H39N3/c1-6-18-40(19-7-1)41-30-33-48(34-31-41)56(46-24-12-4-13-25-46)50-37-43(36-49(39-50)55(44-20-8-2-9-21-44)45-22-10-3-11-23-45)42-32-35-54-52(38-42)51-28-16-17-29-53(51)57(54)47-26-14-5-15-27-47/h1-39H. The van der Waals surface area contributed by atoms with Crippen LogP contribution in [0.25, 0.3) is 49.7 Å². The van der Waals surface area contributed by atoms with Gasteiger partial charge in [0.2, 0.25) is 0 Å². The van der Waals surface area contributed by atoms with E-state index in [1.165, 1.54) is 32.9 Å². The smallest absolute Gasteiger partial charge is 0.0541 e. The molecule has 0 atom stereocenters. The first kappa shape index (κ1) is 33.9. The summed E-state index contributed by atoms with van der Waals surface area (Å²) < 4.78 is 2.37. The van der Waals surface area contributed by atoms with Crippen LogP contribution in [-0.2, 0) is 0 Å². The molecule has 270 valence electrons. The molecule has 9 aromatic carbocycles. The molecule has 1 aromatic heterocycles. The number of para-hydroxylation sites is 5. The maximum atomic E-state index is 2.37. The maximum Gasteiger partial charge on any atom is 0.0541 e. The molecule has 0 unspecified atom stereocenters. The van der Waals surface area contributed by atoms with E-state index in [1.807, 2.05) is 0 Å². The van der Waals surface area contributed by atoms with E-state index in [-0.39, 0.29) is 0 Å². The lowest BCUT2D eigenvalue weighted by atomic mass is 9.99. The van der Waals surface area contributed by atoms with Gasteiger partial charge in [-0.3, -0.25) is 0 Å². The zero-order valence-corrected chi connectivity index (χ0v) is 31.4. The number of rotatable bonds is 9. The summed E-state index contributed by atoms with van der Waals surface area (Å²) in [6.07, 6.45) is 0. The van der Waals surface area contributed by atoms with Crippen molar-refractivity contribution in [1.29, 1.82) is 0 Å². The molecule has 1 heterocycles. The van der Waals surface area contributed by atoms with Crippen molar-refractivity contribution in [3.8, 4) is 27.9 Å². The Bertz CT molecular complexity index is 2880. The second kappa shape index (κ2) is 14.9. The highest BCUT2D eigenvalue weighted by atomic mass is 15.2. The van der Waals surface area contributed by atoms with Crippen LogP contribution >= 0.6 is 0 Å². The van der Waals surface area contributed by atoms with Crippen LogP contribution in [0.15, 0.2) is 237 Å². The van der Waals surface area contributed by atoms with Crippen LogP contribution in [0.3, 0.4) is 0 Å². The number of hydrogen-bond acceptors (Lipinski definition) is 2. The minimum absolute atomic E-state index is 1.06. The van der Waals surface area contributed by atoms with E-state index in [0.717, 1.165) is 50.9 Å². The monoisotopic (exact) mass is 729 g/mol. The summed E-state index contributed by atoms with van der Waals surface area (Å²) in [7, 11) is 0. The minimum atomic E-state index is 1.06. The Balaban J connectivity index is 1.21. The zero-order chi connectivity index (χ0) is 38.0. The summed E-state index contributed by atoms with van der Waals surface area (Å²) in [6, 6.07) is 84.8. The van der Waals surface area contributed by atoms with E-state index in [1.54, 1.807) is 0 Å². The van der Waals surface area contributed by atoms with Crippen molar-refractivity contribution in [2.75, 3.05) is 9.80 Å². The molecule has 0 radical (unpaired) electrons. The van der Waals surface area contributed by atoms with E-state index >= 15 is 0 Å². The molecule has 0 N–H and O–H groups in total. The lowest BCUT2D eigenvalue weighted by molar-refractivity contribution is 1.18. The predicted octanol–water partition coefficient (Wildman–Crippen LogP) is 15.1. The summed E-state index contributed by atoms with van der Waals surface area (Å²) in [4.78, 5) is 4.73. The normalized spacial score (nSPS) is 11.2. The molecule has 0 saturated heterocycles. The lowest BCUT2D eigenvalue weighted by Gasteiger charge is -2.30. The fraction of sp³-hybridized carbons (Fsp3) is 0. The summed E-state index contributed by atoms with van der Waals surface area (Å²) >= 11 is 0. The van der Waals surface area contributed by atoms with Gasteiger partial charge in [0.05, 0.1) is 11.0 Å². The van der Waals surface area contributed by atoms with Crippen molar-refractivity contribution < 1.29 is 0 Å². The summed E-state index contributed by atoms with van der Waals surface area (Å²) in [5.41, 5.74) is 14.7. The summed E-state index contributed by atoms with van der Waals surface area (Å²) in [6.45, 7) is 0. The average Bonchev–Trinajstić information content (AvgIpc) is 3.62. The molecule has 3 heteroatoms. The Morgan fingerprint density at radius 1 is 0.246 bits per heavy atom. The van der Waals surface area contributed by atoms with E-state index in [9.17, 15) is 0 Å². The molecular formula is C54H39N3. The molecule has 0 amide bonds. The highest BCUT2D eigenvalue weighted by Gasteiger charge is 2.20. The van der Waals surface area contributed by atoms with Gasteiger partial charge >= 0.3 is 0 Å². The second-order valence-electron chi connectivity index (χ2n) is 14.2. The molecular weight excluding hydrogens is 691 g/mol. The van der Waals surface area contributed by atoms with Crippen LogP contribution in [0, 0.1) is 0 Å². The Hall–Kier alpha value is -7.62. The van der Waals surface area contributed by atoms with Crippen LogP contribution in [0.5, 0.6) is 0 Å². The van der Waals surface area contributed by atoms with Gasteiger partial charge in [-0.25, -0.2) is 0 Å². The van der Waals surface area contributed by atoms with Gasteiger partial charge in [-0.05, 0) is 119 Å². The molecule has 0 aliphatic heterocycles. The van der Waals surface area contributed by atoms with Gasteiger partial charge in [-0.15, -0.1) is 0 Å². The quantitative estimate of drug-likeness (QED) is 0.147. The molecule has 10 aromatic rings. The van der Waals surface area contributed by atoms with Crippen molar-refractivity contribution in [1.82, 2.24) is 4.57 Å². The number of hydrogen-bond donors (Lipinski definition) is 0. The highest BCUT2D eigenvalue weighted by Crippen LogP contribution is 2.44. The van der Waals surface area contributed by atoms with Gasteiger partial charge < -0.3 is 14.4 Å². The van der Waals surface area contributed by atoms with Crippen LogP contribution in [0.4, 0.5) is 34.1 Å². The number of anilines is 6. The van der Waals surface area contributed by atoms with Crippen LogP contribution in [0.2, 0.25) is 0 Å². The third kappa shape index (κ3) is 6.52. The average molecular weight is 730 g/mol. The molecule has 57 heavy (non-hydrogen) atoms. The highest BCUT2D eigenvalue weighted by molar-refractivity contribution is 6.10. The Morgan fingerprint density at radius 3 is 1.23 bits per heavy atom. The molecule has 3 nitrogen and oxygen atoms in total. The van der Waals surface area contributed by atoms with Gasteiger partial charge in [0.15, 0.2) is 0 Å². The fourth-order valence-electron chi connectivity index (χ4n) is 8.09. The SMILES string of the molecule is c1ccc(-c2ccc(N(c3ccccc3)c3cc(-c4ccc5c(c4)c4ccccc4n5-c4ccccc4)cc(N(c4ccccc4)c4ccccc4)c3)cc2)cc1. The van der Waals surface area contributed by atoms with Gasteiger partial charge in [0.25, 0.3) is 0 Å². The lowest BCUT2D eigenvalue weighted by Crippen LogP contribution is -2.13. The van der Waals surface area contributed by atoms with Crippen molar-refractivity contribution in [3.05, 3.63) is 237 Å². The minimum Gasteiger partial charge on any atom is -0.310 e. The van der Waals surface area contributed by atoms with E-state index < -0.39 is 0 Å². The van der Waals surface area contributed by atoms with Gasteiger partial charge in [-0.1, -0.05) is 140 Å². The predicted molar refractivity (Wildman–Crippen MR) is 241 cm³/mol. The van der Waals surface area contributed by atoms with Crippen LogP contribution in [0.1, 0.15) is 0 Å². The van der Waals surface area contributed by atoms with Gasteiger partial charge in [0.1, 0.15) is 0 Å². The first-order valence-corrected chi connectivity index (χ1v) is 19.4. The number of fused-ring (bicyclic) bond motifs is 3. The maximum absolute atomic E-state index is 2.37.